The Morgan fingerprint density at radius 2 is 2.19 bits per heavy atom. The molecule has 1 unspecified atom stereocenters. The lowest BCUT2D eigenvalue weighted by molar-refractivity contribution is -0.0330. The molecule has 0 aliphatic heterocycles. The van der Waals surface area contributed by atoms with Crippen molar-refractivity contribution >= 4 is 11.3 Å². The molecule has 3 nitrogen and oxygen atoms in total. The molecular formula is C12H20N2OS. The summed E-state index contributed by atoms with van der Waals surface area (Å²) in [5.41, 5.74) is 0.679. The number of hydrogen-bond donors (Lipinski definition) is 2. The molecular weight excluding hydrogens is 220 g/mol. The highest BCUT2D eigenvalue weighted by atomic mass is 32.1. The van der Waals surface area contributed by atoms with E-state index < -0.39 is 5.60 Å². The van der Waals surface area contributed by atoms with Gasteiger partial charge in [-0.25, -0.2) is 4.98 Å². The molecule has 1 aromatic rings. The molecule has 0 bridgehead atoms. The summed E-state index contributed by atoms with van der Waals surface area (Å²) in [5.74, 6) is 0. The van der Waals surface area contributed by atoms with Crippen LogP contribution in [0.5, 0.6) is 0 Å². The number of aliphatic hydroxyl groups is 1. The Morgan fingerprint density at radius 3 is 2.62 bits per heavy atom. The van der Waals surface area contributed by atoms with Crippen LogP contribution in [0.15, 0.2) is 0 Å². The molecule has 1 fully saturated rings. The van der Waals surface area contributed by atoms with Crippen LogP contribution in [0.25, 0.3) is 0 Å². The van der Waals surface area contributed by atoms with E-state index in [4.69, 9.17) is 0 Å². The zero-order valence-electron chi connectivity index (χ0n) is 10.2. The molecule has 2 N–H and O–H groups in total. The van der Waals surface area contributed by atoms with Crippen LogP contribution >= 0.6 is 11.3 Å². The Bertz CT molecular complexity index is 371. The first-order valence-corrected chi connectivity index (χ1v) is 6.71. The highest BCUT2D eigenvalue weighted by molar-refractivity contribution is 7.11. The van der Waals surface area contributed by atoms with Gasteiger partial charge in [0.25, 0.3) is 0 Å². The molecule has 0 spiro atoms. The fourth-order valence-electron chi connectivity index (χ4n) is 2.15. The van der Waals surface area contributed by atoms with Crippen LogP contribution in [0.3, 0.4) is 0 Å². The normalized spacial score (nSPS) is 20.5. The van der Waals surface area contributed by atoms with E-state index in [1.165, 1.54) is 4.88 Å². The van der Waals surface area contributed by atoms with Crippen molar-refractivity contribution in [3.05, 3.63) is 15.6 Å². The molecule has 0 radical (unpaired) electrons. The van der Waals surface area contributed by atoms with Gasteiger partial charge in [0.2, 0.25) is 0 Å². The van der Waals surface area contributed by atoms with Crippen molar-refractivity contribution < 1.29 is 5.11 Å². The van der Waals surface area contributed by atoms with Crippen molar-refractivity contribution in [2.24, 2.45) is 0 Å². The Hall–Kier alpha value is -0.450. The molecule has 0 aromatic carbocycles. The number of nitrogens with one attached hydrogen (secondary N) is 1. The van der Waals surface area contributed by atoms with Gasteiger partial charge in [0.05, 0.1) is 16.3 Å². The van der Waals surface area contributed by atoms with Gasteiger partial charge in [-0.1, -0.05) is 0 Å². The van der Waals surface area contributed by atoms with Crippen LogP contribution in [0, 0.1) is 13.8 Å². The summed E-state index contributed by atoms with van der Waals surface area (Å²) in [6, 6.07) is 0.231. The zero-order chi connectivity index (χ0) is 11.8. The van der Waals surface area contributed by atoms with Crippen LogP contribution in [-0.2, 0) is 0 Å². The van der Waals surface area contributed by atoms with E-state index in [0.29, 0.717) is 6.54 Å². The monoisotopic (exact) mass is 240 g/mol. The average molecular weight is 240 g/mol. The number of thiazole rings is 1. The number of rotatable bonds is 4. The second-order valence-electron chi connectivity index (χ2n) is 4.85. The van der Waals surface area contributed by atoms with Crippen molar-refractivity contribution in [1.82, 2.24) is 10.3 Å². The van der Waals surface area contributed by atoms with Crippen LogP contribution < -0.4 is 5.32 Å². The third-order valence-corrected chi connectivity index (χ3v) is 4.27. The molecule has 4 heteroatoms. The van der Waals surface area contributed by atoms with Gasteiger partial charge in [-0.3, -0.25) is 0 Å². The molecule has 1 aromatic heterocycles. The van der Waals surface area contributed by atoms with E-state index in [1.54, 1.807) is 11.3 Å². The van der Waals surface area contributed by atoms with Crippen molar-refractivity contribution in [2.45, 2.75) is 51.7 Å². The largest absolute Gasteiger partial charge is 0.389 e. The lowest BCUT2D eigenvalue weighted by atomic mass is 9.80. The minimum absolute atomic E-state index is 0.231. The van der Waals surface area contributed by atoms with Crippen LogP contribution in [0.4, 0.5) is 0 Å². The summed E-state index contributed by atoms with van der Waals surface area (Å²) in [4.78, 5) is 5.81. The number of hydrogen-bond acceptors (Lipinski definition) is 4. The van der Waals surface area contributed by atoms with Gasteiger partial charge in [-0.15, -0.1) is 11.3 Å². The fraction of sp³-hybridized carbons (Fsp3) is 0.750. The minimum Gasteiger partial charge on any atom is -0.389 e. The molecule has 0 saturated heterocycles. The van der Waals surface area contributed by atoms with E-state index in [1.807, 2.05) is 6.92 Å². The fourth-order valence-corrected chi connectivity index (χ4v) is 3.06. The summed E-state index contributed by atoms with van der Waals surface area (Å²) >= 11 is 1.74. The minimum atomic E-state index is -0.451. The second-order valence-corrected chi connectivity index (χ2v) is 6.26. The lowest BCUT2D eigenvalue weighted by Crippen LogP contribution is -2.46. The molecule has 16 heavy (non-hydrogen) atoms. The maximum atomic E-state index is 10.0. The third kappa shape index (κ3) is 2.44. The average Bonchev–Trinajstić information content (AvgIpc) is 2.51. The van der Waals surface area contributed by atoms with Crippen molar-refractivity contribution in [2.75, 3.05) is 6.54 Å². The first-order chi connectivity index (χ1) is 7.50. The van der Waals surface area contributed by atoms with Gasteiger partial charge in [0, 0.05) is 17.5 Å². The van der Waals surface area contributed by atoms with Gasteiger partial charge >= 0.3 is 0 Å². The van der Waals surface area contributed by atoms with Gasteiger partial charge in [0.1, 0.15) is 0 Å². The summed E-state index contributed by atoms with van der Waals surface area (Å²) in [7, 11) is 0. The Balaban J connectivity index is 1.92. The summed E-state index contributed by atoms with van der Waals surface area (Å²) in [5, 5.41) is 14.5. The summed E-state index contributed by atoms with van der Waals surface area (Å²) in [6.07, 6.45) is 3.02. The smallest absolute Gasteiger partial charge is 0.0900 e. The molecule has 0 amide bonds. The number of aryl methyl sites for hydroxylation is 2. The summed E-state index contributed by atoms with van der Waals surface area (Å²) < 4.78 is 0. The Kier molecular flexibility index (Phi) is 3.33. The zero-order valence-corrected chi connectivity index (χ0v) is 11.0. The summed E-state index contributed by atoms with van der Waals surface area (Å²) in [6.45, 7) is 6.94. The van der Waals surface area contributed by atoms with E-state index in [-0.39, 0.29) is 6.04 Å². The maximum Gasteiger partial charge on any atom is 0.0900 e. The maximum absolute atomic E-state index is 10.0. The molecule has 1 aliphatic carbocycles. The van der Waals surface area contributed by atoms with Gasteiger partial charge in [-0.2, -0.15) is 0 Å². The van der Waals surface area contributed by atoms with Crippen LogP contribution in [0.1, 0.15) is 47.8 Å². The molecule has 1 atom stereocenters. The standard InChI is InChI=1S/C12H20N2OS/c1-8(11-9(2)16-10(3)14-11)13-7-12(15)5-4-6-12/h8,13,15H,4-7H2,1-3H3. The SMILES string of the molecule is Cc1nc(C(C)NCC2(O)CCC2)c(C)s1. The van der Waals surface area contributed by atoms with E-state index in [2.05, 4.69) is 24.1 Å². The van der Waals surface area contributed by atoms with Crippen molar-refractivity contribution in [1.29, 1.82) is 0 Å². The van der Waals surface area contributed by atoms with Crippen LogP contribution in [0.2, 0.25) is 0 Å². The lowest BCUT2D eigenvalue weighted by Gasteiger charge is -2.37. The molecule has 1 aliphatic rings. The second kappa shape index (κ2) is 4.43. The quantitative estimate of drug-likeness (QED) is 0.849. The van der Waals surface area contributed by atoms with Gasteiger partial charge in [0.15, 0.2) is 0 Å². The van der Waals surface area contributed by atoms with Gasteiger partial charge in [-0.05, 0) is 40.0 Å². The van der Waals surface area contributed by atoms with Crippen LogP contribution in [-0.4, -0.2) is 22.2 Å². The molecule has 90 valence electrons. The van der Waals surface area contributed by atoms with E-state index in [0.717, 1.165) is 30.0 Å². The molecule has 1 heterocycles. The Morgan fingerprint density at radius 1 is 1.50 bits per heavy atom. The first-order valence-electron chi connectivity index (χ1n) is 5.90. The van der Waals surface area contributed by atoms with Gasteiger partial charge < -0.3 is 10.4 Å². The number of aromatic nitrogens is 1. The first kappa shape index (κ1) is 12.0. The predicted molar refractivity (Wildman–Crippen MR) is 66.8 cm³/mol. The highest BCUT2D eigenvalue weighted by Crippen LogP contribution is 2.31. The van der Waals surface area contributed by atoms with E-state index in [9.17, 15) is 5.11 Å². The molecule has 2 rings (SSSR count). The highest BCUT2D eigenvalue weighted by Gasteiger charge is 2.34. The van der Waals surface area contributed by atoms with Crippen molar-refractivity contribution in [3.8, 4) is 0 Å². The van der Waals surface area contributed by atoms with E-state index >= 15 is 0 Å². The topological polar surface area (TPSA) is 45.2 Å². The third-order valence-electron chi connectivity index (χ3n) is 3.37. The number of nitrogens with zero attached hydrogens (tertiary/aromatic N) is 1. The van der Waals surface area contributed by atoms with Crippen molar-refractivity contribution in [3.63, 3.8) is 0 Å². The predicted octanol–water partition coefficient (Wildman–Crippen LogP) is 2.33. The molecule has 1 saturated carbocycles. The Labute approximate surface area is 101 Å².